The fourth-order valence-corrected chi connectivity index (χ4v) is 6.44. The Labute approximate surface area is 276 Å². The first kappa shape index (κ1) is 34.0. The number of carboxylic acid groups (broad SMARTS) is 1. The molecule has 2 aliphatic rings. The van der Waals surface area contributed by atoms with Crippen LogP contribution in [0.3, 0.4) is 0 Å². The van der Waals surface area contributed by atoms with Crippen molar-refractivity contribution >= 4 is 17.7 Å². The van der Waals surface area contributed by atoms with Crippen LogP contribution in [0.4, 0.5) is 38.1 Å². The molecule has 2 aromatic carbocycles. The van der Waals surface area contributed by atoms with Crippen molar-refractivity contribution in [3.05, 3.63) is 77.1 Å². The number of piperidine rings is 1. The molecule has 0 aliphatic carbocycles. The number of anilines is 2. The number of halogens is 6. The number of ether oxygens (including phenoxy) is 1. The molecule has 2 fully saturated rings. The summed E-state index contributed by atoms with van der Waals surface area (Å²) >= 11 is 0. The summed E-state index contributed by atoms with van der Waals surface area (Å²) in [6.07, 6.45) is -9.91. The lowest BCUT2D eigenvalue weighted by molar-refractivity contribution is -0.198. The molecule has 2 unspecified atom stereocenters. The van der Waals surface area contributed by atoms with Crippen molar-refractivity contribution in [3.63, 3.8) is 0 Å². The van der Waals surface area contributed by atoms with Gasteiger partial charge in [-0.05, 0) is 72.9 Å². The van der Waals surface area contributed by atoms with Crippen LogP contribution in [0.5, 0.6) is 5.88 Å². The molecule has 0 radical (unpaired) electrons. The molecule has 4 heterocycles. The van der Waals surface area contributed by atoms with Gasteiger partial charge in [0.05, 0.1) is 5.69 Å². The number of nitrogens with one attached hydrogen (secondary N) is 1. The standard InChI is InChI=1S/C33H33F6N7O3/c1-18-3-4-20(13-19(18)2)21-5-6-22(24(14-21)46-10-7-25(44-46)32(34,35)36)28(33(37,38)39)49-27-15-26(42-30(40)43-27)45-11-8-31(9-12-45)16-23(29(47)48)41-17-31/h3-7,10,13-15,23,28,41H,8-9,11-12,16-17H2,1-2H3,(H,47,48)(H2,40,42,43). The molecule has 4 N–H and O–H groups in total. The molecule has 10 nitrogen and oxygen atoms in total. The SMILES string of the molecule is Cc1ccc(-c2ccc(C(Oc3cc(N4CCC5(CC4)CNC(C(=O)O)C5)nc(N)n3)C(F)(F)F)c(-n3ccc(C(F)(F)F)n3)c2)cc1C. The Balaban J connectivity index is 1.34. The maximum Gasteiger partial charge on any atom is 0.435 e. The zero-order chi connectivity index (χ0) is 35.3. The third-order valence-corrected chi connectivity index (χ3v) is 9.33. The smallest absolute Gasteiger partial charge is 0.435 e. The fraction of sp³-hybridized carbons (Fsp3) is 0.394. The van der Waals surface area contributed by atoms with Gasteiger partial charge in [0.1, 0.15) is 11.9 Å². The highest BCUT2D eigenvalue weighted by atomic mass is 19.4. The molecule has 2 saturated heterocycles. The number of hydrogen-bond acceptors (Lipinski definition) is 8. The lowest BCUT2D eigenvalue weighted by atomic mass is 9.76. The van der Waals surface area contributed by atoms with Gasteiger partial charge in [-0.15, -0.1) is 0 Å². The van der Waals surface area contributed by atoms with Crippen LogP contribution in [0, 0.1) is 19.3 Å². The summed E-state index contributed by atoms with van der Waals surface area (Å²) in [4.78, 5) is 21.4. The topological polar surface area (TPSA) is 131 Å². The van der Waals surface area contributed by atoms with Crippen LogP contribution in [-0.4, -0.2) is 62.7 Å². The number of nitrogen functional groups attached to an aromatic ring is 1. The highest BCUT2D eigenvalue weighted by Crippen LogP contribution is 2.43. The van der Waals surface area contributed by atoms with Crippen LogP contribution >= 0.6 is 0 Å². The van der Waals surface area contributed by atoms with Crippen molar-refractivity contribution in [2.24, 2.45) is 5.41 Å². The van der Waals surface area contributed by atoms with E-state index in [1.165, 1.54) is 18.2 Å². The molecule has 6 rings (SSSR count). The van der Waals surface area contributed by atoms with Crippen LogP contribution < -0.4 is 20.7 Å². The second-order valence-electron chi connectivity index (χ2n) is 12.6. The van der Waals surface area contributed by atoms with Gasteiger partial charge in [-0.3, -0.25) is 4.79 Å². The number of hydrogen-bond donors (Lipinski definition) is 3. The Morgan fingerprint density at radius 1 is 1.00 bits per heavy atom. The number of rotatable bonds is 7. The number of alkyl halides is 6. The van der Waals surface area contributed by atoms with E-state index in [0.717, 1.165) is 28.1 Å². The van der Waals surface area contributed by atoms with Gasteiger partial charge in [0.25, 0.3) is 0 Å². The lowest BCUT2D eigenvalue weighted by Crippen LogP contribution is -2.41. The number of nitrogens with zero attached hydrogens (tertiary/aromatic N) is 5. The molecule has 0 amide bonds. The molecule has 2 aliphatic heterocycles. The number of carbonyl (C=O) groups is 1. The van der Waals surface area contributed by atoms with Gasteiger partial charge < -0.3 is 25.8 Å². The van der Waals surface area contributed by atoms with E-state index in [1.807, 2.05) is 30.9 Å². The predicted octanol–water partition coefficient (Wildman–Crippen LogP) is 6.26. The fourth-order valence-electron chi connectivity index (χ4n) is 6.44. The number of nitrogens with two attached hydrogens (primary N) is 1. The maximum atomic E-state index is 14.8. The largest absolute Gasteiger partial charge is 0.480 e. The number of carboxylic acids is 1. The van der Waals surface area contributed by atoms with E-state index in [2.05, 4.69) is 20.4 Å². The minimum absolute atomic E-state index is 0.225. The Bertz CT molecular complexity index is 1870. The highest BCUT2D eigenvalue weighted by Gasteiger charge is 2.46. The summed E-state index contributed by atoms with van der Waals surface area (Å²) in [5, 5.41) is 16.0. The van der Waals surface area contributed by atoms with Crippen LogP contribution in [-0.2, 0) is 11.0 Å². The van der Waals surface area contributed by atoms with E-state index >= 15 is 0 Å². The van der Waals surface area contributed by atoms with E-state index in [1.54, 1.807) is 6.07 Å². The molecular formula is C33H33F6N7O3. The molecule has 16 heteroatoms. The van der Waals surface area contributed by atoms with Gasteiger partial charge in [-0.2, -0.15) is 41.4 Å². The molecule has 2 atom stereocenters. The normalized spacial score (nSPS) is 18.5. The van der Waals surface area contributed by atoms with Gasteiger partial charge in [-0.1, -0.05) is 30.3 Å². The van der Waals surface area contributed by atoms with Gasteiger partial charge in [0.15, 0.2) is 5.69 Å². The molecular weight excluding hydrogens is 656 g/mol. The first-order valence-corrected chi connectivity index (χ1v) is 15.5. The second-order valence-corrected chi connectivity index (χ2v) is 12.6. The summed E-state index contributed by atoms with van der Waals surface area (Å²) in [6, 6.07) is 10.7. The van der Waals surface area contributed by atoms with Gasteiger partial charge in [-0.25, -0.2) is 4.68 Å². The lowest BCUT2D eigenvalue weighted by Gasteiger charge is -2.39. The predicted molar refractivity (Wildman–Crippen MR) is 167 cm³/mol. The van der Waals surface area contributed by atoms with Crippen LogP contribution in [0.1, 0.15) is 47.8 Å². The maximum absolute atomic E-state index is 14.8. The van der Waals surface area contributed by atoms with E-state index in [4.69, 9.17) is 10.5 Å². The van der Waals surface area contributed by atoms with Crippen LogP contribution in [0.2, 0.25) is 0 Å². The molecule has 49 heavy (non-hydrogen) atoms. The summed E-state index contributed by atoms with van der Waals surface area (Å²) in [5.74, 6) is -1.51. The van der Waals surface area contributed by atoms with Crippen LogP contribution in [0.25, 0.3) is 16.8 Å². The molecule has 2 aromatic heterocycles. The van der Waals surface area contributed by atoms with Gasteiger partial charge in [0.2, 0.25) is 17.9 Å². The first-order chi connectivity index (χ1) is 23.0. The zero-order valence-corrected chi connectivity index (χ0v) is 26.4. The number of aryl methyl sites for hydroxylation is 2. The summed E-state index contributed by atoms with van der Waals surface area (Å²) < 4.78 is 91.3. The highest BCUT2D eigenvalue weighted by molar-refractivity contribution is 5.74. The summed E-state index contributed by atoms with van der Waals surface area (Å²) in [6.45, 7) is 5.19. The van der Waals surface area contributed by atoms with E-state index in [-0.39, 0.29) is 22.9 Å². The van der Waals surface area contributed by atoms with Crippen LogP contribution in [0.15, 0.2) is 54.7 Å². The Morgan fingerprint density at radius 3 is 2.31 bits per heavy atom. The molecule has 0 bridgehead atoms. The molecule has 1 spiro atoms. The summed E-state index contributed by atoms with van der Waals surface area (Å²) in [5.41, 5.74) is 6.65. The Kier molecular flexibility index (Phi) is 8.71. The zero-order valence-electron chi connectivity index (χ0n) is 26.4. The van der Waals surface area contributed by atoms with Crippen molar-refractivity contribution in [2.75, 3.05) is 30.3 Å². The number of benzene rings is 2. The molecule has 260 valence electrons. The average Bonchev–Trinajstić information content (AvgIpc) is 3.69. The minimum atomic E-state index is -5.05. The van der Waals surface area contributed by atoms with E-state index in [0.29, 0.717) is 56.1 Å². The van der Waals surface area contributed by atoms with Gasteiger partial charge in [0, 0.05) is 37.5 Å². The van der Waals surface area contributed by atoms with Crippen molar-refractivity contribution < 1.29 is 41.0 Å². The van der Waals surface area contributed by atoms with Crippen molar-refractivity contribution in [1.29, 1.82) is 0 Å². The van der Waals surface area contributed by atoms with Crippen molar-refractivity contribution in [1.82, 2.24) is 25.1 Å². The average molecular weight is 690 g/mol. The van der Waals surface area contributed by atoms with Gasteiger partial charge >= 0.3 is 18.3 Å². The first-order valence-electron chi connectivity index (χ1n) is 15.5. The number of aliphatic carboxylic acids is 1. The summed E-state index contributed by atoms with van der Waals surface area (Å²) in [7, 11) is 0. The van der Waals surface area contributed by atoms with E-state index < -0.39 is 47.6 Å². The third-order valence-electron chi connectivity index (χ3n) is 9.33. The van der Waals surface area contributed by atoms with Crippen molar-refractivity contribution in [2.45, 2.75) is 57.6 Å². The molecule has 0 saturated carbocycles. The molecule has 4 aromatic rings. The third kappa shape index (κ3) is 7.14. The number of aromatic nitrogens is 4. The Hall–Kier alpha value is -4.86. The van der Waals surface area contributed by atoms with Crippen molar-refractivity contribution in [3.8, 4) is 22.7 Å². The minimum Gasteiger partial charge on any atom is -0.480 e. The second kappa shape index (κ2) is 12.5. The monoisotopic (exact) mass is 689 g/mol. The Morgan fingerprint density at radius 2 is 1.69 bits per heavy atom. The van der Waals surface area contributed by atoms with E-state index in [9.17, 15) is 36.2 Å². The quantitative estimate of drug-likeness (QED) is 0.193.